The highest BCUT2D eigenvalue weighted by molar-refractivity contribution is 5.24. The number of aryl methyl sites for hydroxylation is 1. The molecular formula is C17H25N3. The molecule has 0 fully saturated rings. The normalized spacial score (nSPS) is 12.7. The van der Waals surface area contributed by atoms with E-state index in [1.54, 1.807) is 0 Å². The molecule has 0 aromatic carbocycles. The van der Waals surface area contributed by atoms with Gasteiger partial charge in [0.2, 0.25) is 0 Å². The quantitative estimate of drug-likeness (QED) is 0.820. The minimum atomic E-state index is 0.0397. The summed E-state index contributed by atoms with van der Waals surface area (Å²) < 4.78 is 2.05. The SMILES string of the molecule is Cc1cncc(C(C)(C)CCC(C)(C)n2cccn2)c1. The Kier molecular flexibility index (Phi) is 3.98. The average Bonchev–Trinajstić information content (AvgIpc) is 2.91. The van der Waals surface area contributed by atoms with Crippen molar-refractivity contribution in [2.45, 2.75) is 58.4 Å². The second kappa shape index (κ2) is 5.39. The highest BCUT2D eigenvalue weighted by Crippen LogP contribution is 2.33. The Hall–Kier alpha value is -1.64. The summed E-state index contributed by atoms with van der Waals surface area (Å²) in [5, 5.41) is 4.38. The molecular weight excluding hydrogens is 246 g/mol. The zero-order valence-corrected chi connectivity index (χ0v) is 13.2. The molecule has 108 valence electrons. The summed E-state index contributed by atoms with van der Waals surface area (Å²) in [6, 6.07) is 4.23. The second-order valence-corrected chi connectivity index (χ2v) is 6.90. The third kappa shape index (κ3) is 3.27. The van der Waals surface area contributed by atoms with Gasteiger partial charge in [-0.1, -0.05) is 19.9 Å². The van der Waals surface area contributed by atoms with E-state index >= 15 is 0 Å². The molecule has 0 bridgehead atoms. The summed E-state index contributed by atoms with van der Waals surface area (Å²) in [6.45, 7) is 11.2. The molecule has 0 amide bonds. The van der Waals surface area contributed by atoms with Crippen LogP contribution in [0.3, 0.4) is 0 Å². The number of hydrogen-bond donors (Lipinski definition) is 0. The van der Waals surface area contributed by atoms with Crippen molar-refractivity contribution >= 4 is 0 Å². The number of nitrogens with zero attached hydrogens (tertiary/aromatic N) is 3. The average molecular weight is 271 g/mol. The molecule has 3 heteroatoms. The Morgan fingerprint density at radius 2 is 1.85 bits per heavy atom. The molecule has 2 rings (SSSR count). The molecule has 0 aliphatic heterocycles. The van der Waals surface area contributed by atoms with E-state index in [-0.39, 0.29) is 11.0 Å². The third-order valence-corrected chi connectivity index (χ3v) is 4.14. The minimum Gasteiger partial charge on any atom is -0.267 e. The molecule has 2 heterocycles. The zero-order valence-electron chi connectivity index (χ0n) is 13.2. The maximum absolute atomic E-state index is 4.38. The van der Waals surface area contributed by atoms with Crippen molar-refractivity contribution in [2.75, 3.05) is 0 Å². The van der Waals surface area contributed by atoms with Gasteiger partial charge in [-0.15, -0.1) is 0 Å². The highest BCUT2D eigenvalue weighted by Gasteiger charge is 2.27. The second-order valence-electron chi connectivity index (χ2n) is 6.90. The molecule has 0 saturated carbocycles. The van der Waals surface area contributed by atoms with Crippen LogP contribution >= 0.6 is 0 Å². The minimum absolute atomic E-state index is 0.0397. The molecule has 0 saturated heterocycles. The maximum Gasteiger partial charge on any atom is 0.0571 e. The lowest BCUT2D eigenvalue weighted by molar-refractivity contribution is 0.260. The van der Waals surface area contributed by atoms with Gasteiger partial charge in [0.1, 0.15) is 0 Å². The fraction of sp³-hybridized carbons (Fsp3) is 0.529. The van der Waals surface area contributed by atoms with Gasteiger partial charge in [0, 0.05) is 24.8 Å². The van der Waals surface area contributed by atoms with Gasteiger partial charge in [-0.2, -0.15) is 5.10 Å². The van der Waals surface area contributed by atoms with E-state index < -0.39 is 0 Å². The zero-order chi connectivity index (χ0) is 14.8. The van der Waals surface area contributed by atoms with Crippen LogP contribution in [0.25, 0.3) is 0 Å². The van der Waals surface area contributed by atoms with E-state index in [0.29, 0.717) is 0 Å². The Balaban J connectivity index is 2.09. The topological polar surface area (TPSA) is 30.7 Å². The molecule has 0 aliphatic carbocycles. The molecule has 0 unspecified atom stereocenters. The van der Waals surface area contributed by atoms with Crippen LogP contribution in [0.2, 0.25) is 0 Å². The molecule has 0 aliphatic rings. The number of aromatic nitrogens is 3. The lowest BCUT2D eigenvalue weighted by atomic mass is 9.78. The Morgan fingerprint density at radius 3 is 2.45 bits per heavy atom. The van der Waals surface area contributed by atoms with Crippen molar-refractivity contribution in [1.82, 2.24) is 14.8 Å². The molecule has 2 aromatic rings. The Bertz CT molecular complexity index is 553. The van der Waals surface area contributed by atoms with E-state index in [0.717, 1.165) is 12.8 Å². The summed E-state index contributed by atoms with van der Waals surface area (Å²) >= 11 is 0. The molecule has 0 atom stereocenters. The van der Waals surface area contributed by atoms with Gasteiger partial charge in [0.05, 0.1) is 5.54 Å². The van der Waals surface area contributed by atoms with E-state index in [1.165, 1.54) is 11.1 Å². The van der Waals surface area contributed by atoms with Crippen molar-refractivity contribution in [2.24, 2.45) is 0 Å². The summed E-state index contributed by atoms with van der Waals surface area (Å²) in [7, 11) is 0. The molecule has 20 heavy (non-hydrogen) atoms. The van der Waals surface area contributed by atoms with Gasteiger partial charge in [-0.3, -0.25) is 9.67 Å². The molecule has 0 radical (unpaired) electrons. The number of rotatable bonds is 5. The smallest absolute Gasteiger partial charge is 0.0571 e. The van der Waals surface area contributed by atoms with Crippen molar-refractivity contribution in [1.29, 1.82) is 0 Å². The van der Waals surface area contributed by atoms with E-state index in [9.17, 15) is 0 Å². The molecule has 2 aromatic heterocycles. The van der Waals surface area contributed by atoms with Crippen molar-refractivity contribution in [3.05, 3.63) is 48.0 Å². The first kappa shape index (κ1) is 14.8. The standard InChI is InChI=1S/C17H25N3/c1-14-11-15(13-18-12-14)16(2,3)7-8-17(4,5)20-10-6-9-19-20/h6,9-13H,7-8H2,1-5H3. The lowest BCUT2D eigenvalue weighted by Gasteiger charge is -2.32. The van der Waals surface area contributed by atoms with Crippen molar-refractivity contribution in [3.8, 4) is 0 Å². The predicted octanol–water partition coefficient (Wildman–Crippen LogP) is 4.08. The van der Waals surface area contributed by atoms with Crippen LogP contribution in [0, 0.1) is 6.92 Å². The first-order chi connectivity index (χ1) is 9.31. The summed E-state index contributed by atoms with van der Waals surface area (Å²) in [5.41, 5.74) is 2.71. The predicted molar refractivity (Wildman–Crippen MR) is 82.8 cm³/mol. The summed E-state index contributed by atoms with van der Waals surface area (Å²) in [5.74, 6) is 0. The van der Waals surface area contributed by atoms with Crippen LogP contribution in [0.15, 0.2) is 36.9 Å². The highest BCUT2D eigenvalue weighted by atomic mass is 15.3. The summed E-state index contributed by atoms with van der Waals surface area (Å²) in [4.78, 5) is 4.33. The monoisotopic (exact) mass is 271 g/mol. The van der Waals surface area contributed by atoms with Crippen LogP contribution < -0.4 is 0 Å². The molecule has 0 N–H and O–H groups in total. The van der Waals surface area contributed by atoms with Gasteiger partial charge in [0.15, 0.2) is 0 Å². The van der Waals surface area contributed by atoms with Crippen LogP contribution in [0.5, 0.6) is 0 Å². The first-order valence-corrected chi connectivity index (χ1v) is 7.23. The fourth-order valence-electron chi connectivity index (χ4n) is 2.43. The van der Waals surface area contributed by atoms with Crippen LogP contribution in [-0.4, -0.2) is 14.8 Å². The largest absolute Gasteiger partial charge is 0.267 e. The molecule has 3 nitrogen and oxygen atoms in total. The van der Waals surface area contributed by atoms with Gasteiger partial charge in [0.25, 0.3) is 0 Å². The van der Waals surface area contributed by atoms with Crippen molar-refractivity contribution < 1.29 is 0 Å². The number of hydrogen-bond acceptors (Lipinski definition) is 2. The molecule has 0 spiro atoms. The van der Waals surface area contributed by atoms with Gasteiger partial charge < -0.3 is 0 Å². The van der Waals surface area contributed by atoms with E-state index in [4.69, 9.17) is 0 Å². The van der Waals surface area contributed by atoms with Crippen LogP contribution in [0.4, 0.5) is 0 Å². The first-order valence-electron chi connectivity index (χ1n) is 7.23. The third-order valence-electron chi connectivity index (χ3n) is 4.14. The number of pyridine rings is 1. The van der Waals surface area contributed by atoms with Crippen LogP contribution in [-0.2, 0) is 11.0 Å². The fourth-order valence-corrected chi connectivity index (χ4v) is 2.43. The van der Waals surface area contributed by atoms with E-state index in [1.807, 2.05) is 30.9 Å². The van der Waals surface area contributed by atoms with Gasteiger partial charge in [-0.05, 0) is 56.2 Å². The van der Waals surface area contributed by atoms with Crippen molar-refractivity contribution in [3.63, 3.8) is 0 Å². The van der Waals surface area contributed by atoms with Gasteiger partial charge in [-0.25, -0.2) is 0 Å². The van der Waals surface area contributed by atoms with Gasteiger partial charge >= 0.3 is 0 Å². The Labute approximate surface area is 122 Å². The van der Waals surface area contributed by atoms with E-state index in [2.05, 4.69) is 55.4 Å². The van der Waals surface area contributed by atoms with Crippen LogP contribution in [0.1, 0.15) is 51.7 Å². The maximum atomic E-state index is 4.38. The summed E-state index contributed by atoms with van der Waals surface area (Å²) in [6.07, 6.45) is 9.97. The Morgan fingerprint density at radius 1 is 1.10 bits per heavy atom. The lowest BCUT2D eigenvalue weighted by Crippen LogP contribution is -2.30.